The van der Waals surface area contributed by atoms with Crippen LogP contribution in [0.1, 0.15) is 56.6 Å². The number of nitrogens with zero attached hydrogens (tertiary/aromatic N) is 5. The van der Waals surface area contributed by atoms with Gasteiger partial charge in [0.1, 0.15) is 34.6 Å². The molecule has 0 amide bonds. The Morgan fingerprint density at radius 3 is 2.61 bits per heavy atom. The predicted molar refractivity (Wildman–Crippen MR) is 140 cm³/mol. The topological polar surface area (TPSA) is 151 Å². The van der Waals surface area contributed by atoms with Crippen molar-refractivity contribution >= 4 is 16.0 Å². The Balaban J connectivity index is 1.78. The van der Waals surface area contributed by atoms with Crippen molar-refractivity contribution in [3.8, 4) is 17.2 Å². The van der Waals surface area contributed by atoms with E-state index in [1.165, 1.54) is 30.9 Å². The normalized spacial score (nSPS) is 17.4. The Hall–Kier alpha value is -3.55. The molecule has 13 heteroatoms. The lowest BCUT2D eigenvalue weighted by molar-refractivity contribution is 0.00394. The number of aromatic nitrogens is 5. The lowest BCUT2D eigenvalue weighted by Gasteiger charge is -2.26. The second-order valence-corrected chi connectivity index (χ2v) is 11.1. The first-order chi connectivity index (χ1) is 18.1. The van der Waals surface area contributed by atoms with Crippen molar-refractivity contribution in [1.82, 2.24) is 24.7 Å². The van der Waals surface area contributed by atoms with Crippen molar-refractivity contribution in [2.45, 2.75) is 57.7 Å². The van der Waals surface area contributed by atoms with E-state index in [0.717, 1.165) is 6.42 Å². The summed E-state index contributed by atoms with van der Waals surface area (Å²) >= 11 is 0. The van der Waals surface area contributed by atoms with Crippen molar-refractivity contribution in [3.63, 3.8) is 0 Å². The predicted octanol–water partition coefficient (Wildman–Crippen LogP) is 3.39. The van der Waals surface area contributed by atoms with Gasteiger partial charge in [0, 0.05) is 6.20 Å². The van der Waals surface area contributed by atoms with E-state index in [4.69, 9.17) is 14.2 Å². The highest BCUT2D eigenvalue weighted by atomic mass is 32.2. The van der Waals surface area contributed by atoms with E-state index < -0.39 is 27.5 Å². The fourth-order valence-corrected chi connectivity index (χ4v) is 5.11. The number of rotatable bonds is 10. The second kappa shape index (κ2) is 11.5. The summed E-state index contributed by atoms with van der Waals surface area (Å²) in [7, 11) is -2.70. The van der Waals surface area contributed by atoms with E-state index in [2.05, 4.69) is 24.9 Å². The molecule has 12 nitrogen and oxygen atoms in total. The third kappa shape index (κ3) is 5.79. The van der Waals surface area contributed by atoms with Crippen molar-refractivity contribution in [2.24, 2.45) is 0 Å². The van der Waals surface area contributed by atoms with Crippen molar-refractivity contribution in [3.05, 3.63) is 60.0 Å². The number of aromatic hydroxyl groups is 1. The Kier molecular flexibility index (Phi) is 8.29. The highest BCUT2D eigenvalue weighted by molar-refractivity contribution is 7.93. The smallest absolute Gasteiger partial charge is 0.243 e. The number of phenols is 1. The number of phenolic OH excluding ortho intramolecular Hbond substituents is 1. The van der Waals surface area contributed by atoms with E-state index in [0.29, 0.717) is 18.0 Å². The molecule has 0 aliphatic carbocycles. The average molecular weight is 545 g/mol. The zero-order valence-corrected chi connectivity index (χ0v) is 22.7. The lowest BCUT2D eigenvalue weighted by Crippen LogP contribution is -2.34. The summed E-state index contributed by atoms with van der Waals surface area (Å²) in [5.74, 6) is 0.253. The molecule has 0 saturated carbocycles. The molecule has 2 aromatic heterocycles. The number of ether oxygens (including phenoxy) is 3. The SMILES string of the molecule is COc1cccc(O)c1-n1c(NS(=O)(=O)[C@H](C)[C@H](OC(C)C)c2cnc(C)cn2)nnc1[C@@H]1C=CCCO1. The number of nitrogens with one attached hydrogen (secondary N) is 1. The van der Waals surface area contributed by atoms with Gasteiger partial charge in [0.05, 0.1) is 37.4 Å². The molecule has 1 aromatic carbocycles. The van der Waals surface area contributed by atoms with Crippen LogP contribution in [-0.2, 0) is 19.5 Å². The monoisotopic (exact) mass is 544 g/mol. The average Bonchev–Trinajstić information content (AvgIpc) is 3.29. The zero-order valence-electron chi connectivity index (χ0n) is 21.9. The number of aryl methyl sites for hydroxylation is 1. The minimum atomic E-state index is -4.14. The van der Waals surface area contributed by atoms with E-state index in [1.807, 2.05) is 19.9 Å². The second-order valence-electron chi connectivity index (χ2n) is 9.09. The number of sulfonamides is 1. The number of para-hydroxylation sites is 1. The number of anilines is 1. The van der Waals surface area contributed by atoms with Crippen LogP contribution in [0.5, 0.6) is 11.5 Å². The molecule has 1 aliphatic heterocycles. The molecule has 4 rings (SSSR count). The molecular formula is C25H32N6O6S. The molecule has 3 aromatic rings. The summed E-state index contributed by atoms with van der Waals surface area (Å²) in [4.78, 5) is 8.60. The van der Waals surface area contributed by atoms with Crippen LogP contribution in [0.4, 0.5) is 5.95 Å². The number of benzene rings is 1. The van der Waals surface area contributed by atoms with Gasteiger partial charge in [-0.25, -0.2) is 8.42 Å². The van der Waals surface area contributed by atoms with Gasteiger partial charge in [-0.3, -0.25) is 19.3 Å². The third-order valence-electron chi connectivity index (χ3n) is 5.92. The number of hydrogen-bond acceptors (Lipinski definition) is 10. The van der Waals surface area contributed by atoms with Gasteiger partial charge in [-0.1, -0.05) is 18.2 Å². The van der Waals surface area contributed by atoms with E-state index in [-0.39, 0.29) is 35.1 Å². The third-order valence-corrected chi connectivity index (χ3v) is 7.61. The highest BCUT2D eigenvalue weighted by Crippen LogP contribution is 2.37. The maximum absolute atomic E-state index is 13.7. The first-order valence-electron chi connectivity index (χ1n) is 12.2. The van der Waals surface area contributed by atoms with Gasteiger partial charge >= 0.3 is 0 Å². The molecule has 204 valence electrons. The van der Waals surface area contributed by atoms with Gasteiger partial charge in [0.2, 0.25) is 16.0 Å². The summed E-state index contributed by atoms with van der Waals surface area (Å²) in [6, 6.07) is 4.71. The largest absolute Gasteiger partial charge is 0.506 e. The molecule has 3 atom stereocenters. The number of hydrogen-bond donors (Lipinski definition) is 2. The van der Waals surface area contributed by atoms with E-state index in [1.54, 1.807) is 31.3 Å². The maximum atomic E-state index is 13.7. The maximum Gasteiger partial charge on any atom is 0.243 e. The molecule has 0 radical (unpaired) electrons. The van der Waals surface area contributed by atoms with Crippen LogP contribution in [0.2, 0.25) is 0 Å². The van der Waals surface area contributed by atoms with Gasteiger partial charge < -0.3 is 19.3 Å². The summed E-state index contributed by atoms with van der Waals surface area (Å²) in [5, 5.41) is 18.0. The Labute approximate surface area is 221 Å². The van der Waals surface area contributed by atoms with Crippen LogP contribution in [-0.4, -0.2) is 63.3 Å². The molecular weight excluding hydrogens is 512 g/mol. The first kappa shape index (κ1) is 27.5. The van der Waals surface area contributed by atoms with E-state index >= 15 is 0 Å². The van der Waals surface area contributed by atoms with Crippen LogP contribution >= 0.6 is 0 Å². The summed E-state index contributed by atoms with van der Waals surface area (Å²) in [6.45, 7) is 7.39. The molecule has 0 bridgehead atoms. The minimum absolute atomic E-state index is 0.146. The van der Waals surface area contributed by atoms with Crippen LogP contribution in [0.15, 0.2) is 42.7 Å². The van der Waals surface area contributed by atoms with Gasteiger partial charge in [-0.15, -0.1) is 10.2 Å². The molecule has 0 spiro atoms. The molecule has 0 saturated heterocycles. The summed E-state index contributed by atoms with van der Waals surface area (Å²) in [6.07, 6.45) is 5.74. The van der Waals surface area contributed by atoms with Crippen LogP contribution in [0.25, 0.3) is 5.69 Å². The lowest BCUT2D eigenvalue weighted by atomic mass is 10.2. The number of methoxy groups -OCH3 is 1. The fourth-order valence-electron chi connectivity index (χ4n) is 4.01. The zero-order chi connectivity index (χ0) is 27.4. The molecule has 38 heavy (non-hydrogen) atoms. The summed E-state index contributed by atoms with van der Waals surface area (Å²) in [5.41, 5.74) is 1.25. The van der Waals surface area contributed by atoms with Crippen LogP contribution in [0, 0.1) is 6.92 Å². The highest BCUT2D eigenvalue weighted by Gasteiger charge is 2.36. The fraction of sp³-hybridized carbons (Fsp3) is 0.440. The first-order valence-corrected chi connectivity index (χ1v) is 13.7. The van der Waals surface area contributed by atoms with Gasteiger partial charge in [-0.2, -0.15) is 0 Å². The Morgan fingerprint density at radius 2 is 1.97 bits per heavy atom. The van der Waals surface area contributed by atoms with Gasteiger partial charge in [-0.05, 0) is 46.2 Å². The van der Waals surface area contributed by atoms with E-state index in [9.17, 15) is 13.5 Å². The molecule has 1 aliphatic rings. The van der Waals surface area contributed by atoms with Crippen molar-refractivity contribution < 1.29 is 27.7 Å². The van der Waals surface area contributed by atoms with Crippen molar-refractivity contribution in [2.75, 3.05) is 18.4 Å². The van der Waals surface area contributed by atoms with Crippen LogP contribution < -0.4 is 9.46 Å². The van der Waals surface area contributed by atoms with Crippen molar-refractivity contribution in [1.29, 1.82) is 0 Å². The summed E-state index contributed by atoms with van der Waals surface area (Å²) < 4.78 is 48.6. The Morgan fingerprint density at radius 1 is 1.18 bits per heavy atom. The molecule has 0 unspecified atom stereocenters. The molecule has 2 N–H and O–H groups in total. The Bertz CT molecular complexity index is 1390. The quantitative estimate of drug-likeness (QED) is 0.363. The van der Waals surface area contributed by atoms with Gasteiger partial charge in [0.25, 0.3) is 0 Å². The molecule has 3 heterocycles. The standard InChI is InChI=1S/C25H32N6O6S/c1-15(2)37-23(18-14-26-16(3)13-27-18)17(4)38(33,34)30-25-29-28-24(21-10-6-7-12-36-21)31(25)22-19(32)9-8-11-20(22)35-5/h6,8-11,13-15,17,21,23,32H,7,12H2,1-5H3,(H,29,30)/t17-,21+,23+/m1/s1. The van der Waals surface area contributed by atoms with Gasteiger partial charge in [0.15, 0.2) is 5.82 Å². The molecule has 0 fully saturated rings. The van der Waals surface area contributed by atoms with Crippen LogP contribution in [0.3, 0.4) is 0 Å². The minimum Gasteiger partial charge on any atom is -0.506 e.